The minimum absolute atomic E-state index is 0.0511. The van der Waals surface area contributed by atoms with E-state index in [9.17, 15) is 43.7 Å². The molecule has 0 amide bonds. The van der Waals surface area contributed by atoms with Gasteiger partial charge in [-0.1, -0.05) is 0 Å². The third-order valence-electron chi connectivity index (χ3n) is 5.80. The number of fused-ring (bicyclic) bond motifs is 2. The molecule has 3 saturated heterocycles. The van der Waals surface area contributed by atoms with Crippen molar-refractivity contribution in [1.82, 2.24) is 19.5 Å². The monoisotopic (exact) mass is 621 g/mol. The summed E-state index contributed by atoms with van der Waals surface area (Å²) in [5.41, 5.74) is 6.08. The topological polar surface area (TPSA) is 307 Å². The number of aliphatic hydroxyl groups is 3. The highest BCUT2D eigenvalue weighted by molar-refractivity contribution is 7.61. The molecule has 2 aromatic heterocycles. The molecule has 218 valence electrons. The molecule has 5 rings (SSSR count). The molecule has 0 saturated carbocycles. The first-order valence-electron chi connectivity index (χ1n) is 10.8. The Morgan fingerprint density at radius 1 is 0.974 bits per heavy atom. The summed E-state index contributed by atoms with van der Waals surface area (Å²) >= 11 is 0. The van der Waals surface area contributed by atoms with Crippen molar-refractivity contribution in [3.8, 4) is 0 Å². The minimum atomic E-state index is -5.34. The van der Waals surface area contributed by atoms with Gasteiger partial charge in [0, 0.05) is 0 Å². The molecule has 5 heterocycles. The van der Waals surface area contributed by atoms with Gasteiger partial charge in [-0.15, -0.1) is 0 Å². The Balaban J connectivity index is 1.15. The van der Waals surface area contributed by atoms with Crippen molar-refractivity contribution in [2.24, 2.45) is 0 Å². The van der Waals surface area contributed by atoms with E-state index in [2.05, 4.69) is 37.4 Å². The lowest BCUT2D eigenvalue weighted by Gasteiger charge is -2.21. The molecule has 3 aliphatic heterocycles. The first-order valence-corrected chi connectivity index (χ1v) is 15.3. The molecular weight excluding hydrogens is 599 g/mol. The summed E-state index contributed by atoms with van der Waals surface area (Å²) < 4.78 is 70.2. The number of anilines is 1. The molecule has 11 atom stereocenters. The Morgan fingerprint density at radius 2 is 1.62 bits per heavy atom. The van der Waals surface area contributed by atoms with Crippen LogP contribution >= 0.6 is 23.5 Å². The second-order valence-corrected chi connectivity index (χ2v) is 12.8. The van der Waals surface area contributed by atoms with Gasteiger partial charge in [-0.2, -0.15) is 4.31 Å². The zero-order valence-electron chi connectivity index (χ0n) is 19.2. The van der Waals surface area contributed by atoms with Gasteiger partial charge in [0.2, 0.25) is 0 Å². The largest absolute Gasteiger partial charge is 0.481 e. The molecule has 21 nitrogen and oxygen atoms in total. The number of phosphoric acid groups is 3. The number of hydrogen-bond donors (Lipinski definition) is 7. The number of nitrogens with two attached hydrogens (primary N) is 1. The van der Waals surface area contributed by atoms with E-state index in [0.29, 0.717) is 0 Å². The van der Waals surface area contributed by atoms with Crippen molar-refractivity contribution < 1.29 is 75.6 Å². The fourth-order valence-electron chi connectivity index (χ4n) is 4.01. The maximum atomic E-state index is 12.3. The lowest BCUT2D eigenvalue weighted by atomic mass is 10.1. The molecule has 3 aliphatic rings. The van der Waals surface area contributed by atoms with Crippen LogP contribution in [0.3, 0.4) is 0 Å². The van der Waals surface area contributed by atoms with E-state index < -0.39 is 85.8 Å². The molecule has 24 heteroatoms. The van der Waals surface area contributed by atoms with Crippen LogP contribution in [-0.2, 0) is 45.6 Å². The lowest BCUT2D eigenvalue weighted by molar-refractivity contribution is -0.0911. The van der Waals surface area contributed by atoms with E-state index in [-0.39, 0.29) is 17.0 Å². The quantitative estimate of drug-likeness (QED) is 0.147. The molecule has 2 aromatic rings. The van der Waals surface area contributed by atoms with Gasteiger partial charge in [-0.3, -0.25) is 22.7 Å². The average molecular weight is 621 g/mol. The summed E-state index contributed by atoms with van der Waals surface area (Å²) in [6.45, 7) is -1.79. The van der Waals surface area contributed by atoms with Crippen molar-refractivity contribution in [2.45, 2.75) is 49.1 Å². The van der Waals surface area contributed by atoms with Crippen LogP contribution in [0.2, 0.25) is 0 Å². The molecule has 0 bridgehead atoms. The Morgan fingerprint density at radius 3 is 2.26 bits per heavy atom. The van der Waals surface area contributed by atoms with Crippen molar-refractivity contribution in [3.05, 3.63) is 12.7 Å². The smallest absolute Gasteiger partial charge is 0.387 e. The molecule has 0 aliphatic carbocycles. The van der Waals surface area contributed by atoms with E-state index in [1.807, 2.05) is 0 Å². The van der Waals surface area contributed by atoms with E-state index in [4.69, 9.17) is 15.2 Å². The molecule has 0 aromatic carbocycles. The van der Waals surface area contributed by atoms with E-state index in [1.165, 1.54) is 10.9 Å². The first-order chi connectivity index (χ1) is 18.2. The SMILES string of the molecule is Nc1ncnc2c1ncn2C1OC(COP(=O)(O)OP(=O)(O)OCC2OC3OP(=O)(O)OC3C2O)C(O)C1O. The Hall–Kier alpha value is -1.48. The molecule has 3 fully saturated rings. The van der Waals surface area contributed by atoms with Crippen molar-refractivity contribution >= 4 is 40.4 Å². The second-order valence-electron chi connectivity index (χ2n) is 8.42. The van der Waals surface area contributed by atoms with Crippen LogP contribution in [0.25, 0.3) is 11.2 Å². The predicted molar refractivity (Wildman–Crippen MR) is 119 cm³/mol. The van der Waals surface area contributed by atoms with E-state index >= 15 is 0 Å². The summed E-state index contributed by atoms with van der Waals surface area (Å²) in [7, 11) is -15.1. The van der Waals surface area contributed by atoms with Gasteiger partial charge >= 0.3 is 23.5 Å². The zero-order valence-corrected chi connectivity index (χ0v) is 21.8. The number of aliphatic hydroxyl groups excluding tert-OH is 3. The molecular formula is C15H22N5O16P3. The molecule has 39 heavy (non-hydrogen) atoms. The predicted octanol–water partition coefficient (Wildman–Crippen LogP) is -2.12. The van der Waals surface area contributed by atoms with Gasteiger partial charge in [-0.25, -0.2) is 28.6 Å². The van der Waals surface area contributed by atoms with Crippen molar-refractivity contribution in [2.75, 3.05) is 18.9 Å². The number of ether oxygens (including phenoxy) is 2. The van der Waals surface area contributed by atoms with Crippen LogP contribution in [0.15, 0.2) is 12.7 Å². The van der Waals surface area contributed by atoms with Gasteiger partial charge in [0.25, 0.3) is 0 Å². The van der Waals surface area contributed by atoms with Crippen LogP contribution in [-0.4, -0.2) is 106 Å². The van der Waals surface area contributed by atoms with Crippen LogP contribution in [0.1, 0.15) is 6.23 Å². The maximum absolute atomic E-state index is 12.3. The van der Waals surface area contributed by atoms with Crippen LogP contribution in [0.5, 0.6) is 0 Å². The van der Waals surface area contributed by atoms with Gasteiger partial charge < -0.3 is 45.2 Å². The maximum Gasteiger partial charge on any atom is 0.481 e. The number of nitrogen functional groups attached to an aromatic ring is 1. The van der Waals surface area contributed by atoms with Crippen molar-refractivity contribution in [1.29, 1.82) is 0 Å². The van der Waals surface area contributed by atoms with Crippen LogP contribution < -0.4 is 5.73 Å². The number of rotatable bonds is 9. The number of imidazole rings is 1. The van der Waals surface area contributed by atoms with E-state index in [0.717, 1.165) is 6.33 Å². The van der Waals surface area contributed by atoms with E-state index in [1.54, 1.807) is 0 Å². The number of aromatic nitrogens is 4. The molecule has 0 spiro atoms. The Bertz CT molecular complexity index is 1380. The first kappa shape index (κ1) is 29.0. The van der Waals surface area contributed by atoms with Gasteiger partial charge in [0.15, 0.2) is 24.0 Å². The highest BCUT2D eigenvalue weighted by Crippen LogP contribution is 2.61. The standard InChI is InChI=1S/C15H22N5O16P3/c16-12-7-13(18-3-17-12)20(4-19-7)14-10(23)8(21)5(32-14)1-30-37(24,25)36-38(26,27)31-2-6-9(22)11-15(33-6)35-39(28,29)34-11/h3-6,8-11,14-15,21-23H,1-2H2,(H,24,25)(H,26,27)(H,28,29)(H2,16,17,18). The third-order valence-corrected chi connectivity index (χ3v) is 9.38. The molecule has 0 radical (unpaired) electrons. The van der Waals surface area contributed by atoms with Gasteiger partial charge in [0.1, 0.15) is 48.5 Å². The third kappa shape index (κ3) is 5.95. The summed E-state index contributed by atoms with van der Waals surface area (Å²) in [6.07, 6.45) is -9.43. The Kier molecular flexibility index (Phi) is 7.75. The zero-order chi connectivity index (χ0) is 28.3. The van der Waals surface area contributed by atoms with Gasteiger partial charge in [-0.05, 0) is 0 Å². The minimum Gasteiger partial charge on any atom is -0.387 e. The molecule has 8 N–H and O–H groups in total. The summed E-state index contributed by atoms with van der Waals surface area (Å²) in [5.74, 6) is 0.0511. The summed E-state index contributed by atoms with van der Waals surface area (Å²) in [5, 5.41) is 30.8. The average Bonchev–Trinajstić information content (AvgIpc) is 3.54. The molecule has 11 unspecified atom stereocenters. The van der Waals surface area contributed by atoms with Crippen LogP contribution in [0, 0.1) is 0 Å². The highest BCUT2D eigenvalue weighted by atomic mass is 31.3. The number of phosphoric ester groups is 3. The van der Waals surface area contributed by atoms with Crippen LogP contribution in [0.4, 0.5) is 5.82 Å². The van der Waals surface area contributed by atoms with Crippen molar-refractivity contribution in [3.63, 3.8) is 0 Å². The normalized spacial score (nSPS) is 39.5. The lowest BCUT2D eigenvalue weighted by Crippen LogP contribution is -2.34. The number of hydrogen-bond acceptors (Lipinski definition) is 17. The summed E-state index contributed by atoms with van der Waals surface area (Å²) in [4.78, 5) is 40.7. The number of nitrogens with zero attached hydrogens (tertiary/aromatic N) is 4. The second kappa shape index (κ2) is 10.4. The fourth-order valence-corrected chi connectivity index (χ4v) is 7.12. The highest BCUT2D eigenvalue weighted by Gasteiger charge is 2.56. The summed E-state index contributed by atoms with van der Waals surface area (Å²) in [6, 6.07) is 0. The fraction of sp³-hybridized carbons (Fsp3) is 0.667. The van der Waals surface area contributed by atoms with Gasteiger partial charge in [0.05, 0.1) is 19.5 Å². The Labute approximate surface area is 216 Å².